The van der Waals surface area contributed by atoms with Gasteiger partial charge in [-0.25, -0.2) is 9.97 Å². The highest BCUT2D eigenvalue weighted by Crippen LogP contribution is 2.23. The van der Waals surface area contributed by atoms with Gasteiger partial charge in [-0.15, -0.1) is 0 Å². The highest BCUT2D eigenvalue weighted by molar-refractivity contribution is 5.83. The molecule has 0 aliphatic heterocycles. The van der Waals surface area contributed by atoms with Crippen LogP contribution in [0.25, 0.3) is 27.8 Å². The van der Waals surface area contributed by atoms with Crippen LogP contribution in [0.3, 0.4) is 0 Å². The quantitative estimate of drug-likeness (QED) is 0.586. The maximum atomic E-state index is 11.4. The van der Waals surface area contributed by atoms with Crippen LogP contribution in [0.4, 0.5) is 0 Å². The van der Waals surface area contributed by atoms with Gasteiger partial charge >= 0.3 is 0 Å². The molecule has 0 aliphatic rings. The van der Waals surface area contributed by atoms with Crippen LogP contribution < -0.4 is 5.56 Å². The second kappa shape index (κ2) is 4.53. The van der Waals surface area contributed by atoms with Crippen LogP contribution in [0.1, 0.15) is 11.4 Å². The molecule has 0 spiro atoms. The molecule has 0 atom stereocenters. The normalized spacial score (nSPS) is 11.4. The monoisotopic (exact) mass is 290 g/mol. The molecule has 1 aromatic carbocycles. The number of rotatable bonds is 1. The zero-order chi connectivity index (χ0) is 15.3. The van der Waals surface area contributed by atoms with Gasteiger partial charge in [0.05, 0.1) is 17.1 Å². The first-order chi connectivity index (χ1) is 10.6. The lowest BCUT2D eigenvalue weighted by atomic mass is 10.1. The van der Waals surface area contributed by atoms with Gasteiger partial charge in [0, 0.05) is 29.5 Å². The number of pyridine rings is 1. The fourth-order valence-corrected chi connectivity index (χ4v) is 2.73. The Bertz CT molecular complexity index is 1080. The Morgan fingerprint density at radius 2 is 1.91 bits per heavy atom. The summed E-state index contributed by atoms with van der Waals surface area (Å²) in [7, 11) is 0. The minimum atomic E-state index is -0.0930. The number of benzene rings is 1. The van der Waals surface area contributed by atoms with Gasteiger partial charge < -0.3 is 9.38 Å². The third-order valence-corrected chi connectivity index (χ3v) is 3.75. The van der Waals surface area contributed by atoms with Crippen LogP contribution in [0.15, 0.2) is 47.5 Å². The van der Waals surface area contributed by atoms with E-state index >= 15 is 0 Å². The molecule has 0 aliphatic carbocycles. The molecule has 3 aromatic heterocycles. The van der Waals surface area contributed by atoms with Crippen molar-refractivity contribution in [3.63, 3.8) is 0 Å². The van der Waals surface area contributed by atoms with E-state index in [9.17, 15) is 4.79 Å². The largest absolute Gasteiger partial charge is 0.322 e. The predicted octanol–water partition coefficient (Wildman–Crippen LogP) is 2.85. The van der Waals surface area contributed by atoms with Gasteiger partial charge in [0.15, 0.2) is 5.65 Å². The number of nitrogens with one attached hydrogen (secondary N) is 1. The average Bonchev–Trinajstić information content (AvgIpc) is 2.87. The van der Waals surface area contributed by atoms with E-state index in [1.807, 2.05) is 54.9 Å². The van der Waals surface area contributed by atoms with Crippen molar-refractivity contribution in [1.29, 1.82) is 0 Å². The maximum absolute atomic E-state index is 11.4. The van der Waals surface area contributed by atoms with Crippen molar-refractivity contribution in [2.75, 3.05) is 0 Å². The van der Waals surface area contributed by atoms with Gasteiger partial charge in [-0.05, 0) is 37.4 Å². The van der Waals surface area contributed by atoms with E-state index in [0.717, 1.165) is 39.2 Å². The fourth-order valence-electron chi connectivity index (χ4n) is 2.73. The number of imidazole rings is 1. The third-order valence-electron chi connectivity index (χ3n) is 3.75. The summed E-state index contributed by atoms with van der Waals surface area (Å²) in [6, 6.07) is 9.27. The molecule has 22 heavy (non-hydrogen) atoms. The van der Waals surface area contributed by atoms with Crippen molar-refractivity contribution >= 4 is 16.6 Å². The molecule has 0 saturated carbocycles. The minimum absolute atomic E-state index is 0.0930. The number of nitrogens with zero attached hydrogens (tertiary/aromatic N) is 3. The van der Waals surface area contributed by atoms with Gasteiger partial charge in [-0.2, -0.15) is 0 Å². The molecule has 0 fully saturated rings. The molecule has 5 heteroatoms. The fraction of sp³-hybridized carbons (Fsp3) is 0.118. The van der Waals surface area contributed by atoms with Crippen LogP contribution in [-0.2, 0) is 0 Å². The van der Waals surface area contributed by atoms with Crippen molar-refractivity contribution in [3.05, 3.63) is 64.5 Å². The molecule has 4 aromatic rings. The lowest BCUT2D eigenvalue weighted by Gasteiger charge is -2.06. The van der Waals surface area contributed by atoms with Crippen molar-refractivity contribution in [3.8, 4) is 11.3 Å². The zero-order valence-electron chi connectivity index (χ0n) is 12.3. The topological polar surface area (TPSA) is 63.0 Å². The molecular formula is C17H14N4O. The Labute approximate surface area is 126 Å². The van der Waals surface area contributed by atoms with Crippen molar-refractivity contribution in [2.45, 2.75) is 13.8 Å². The lowest BCUT2D eigenvalue weighted by Crippen LogP contribution is -2.02. The second-order valence-corrected chi connectivity index (χ2v) is 5.45. The number of aromatic amines is 1. The van der Waals surface area contributed by atoms with E-state index in [1.165, 1.54) is 6.07 Å². The Balaban J connectivity index is 1.94. The molecule has 0 unspecified atom stereocenters. The summed E-state index contributed by atoms with van der Waals surface area (Å²) in [5.41, 5.74) is 5.38. The lowest BCUT2D eigenvalue weighted by molar-refractivity contribution is 1.08. The van der Waals surface area contributed by atoms with Gasteiger partial charge in [0.25, 0.3) is 0 Å². The smallest absolute Gasteiger partial charge is 0.248 e. The van der Waals surface area contributed by atoms with Crippen LogP contribution in [0.2, 0.25) is 0 Å². The highest BCUT2D eigenvalue weighted by Gasteiger charge is 2.08. The summed E-state index contributed by atoms with van der Waals surface area (Å²) in [5.74, 6) is 0. The molecule has 0 radical (unpaired) electrons. The number of fused-ring (bicyclic) bond motifs is 2. The summed E-state index contributed by atoms with van der Waals surface area (Å²) < 4.78 is 2.00. The number of aromatic nitrogens is 4. The van der Waals surface area contributed by atoms with E-state index in [-0.39, 0.29) is 5.56 Å². The SMILES string of the molecule is Cc1cn2cc(-c3ccc4[nH]c(=O)ccc4c3)nc(C)c2n1. The molecular weight excluding hydrogens is 276 g/mol. The predicted molar refractivity (Wildman–Crippen MR) is 86.0 cm³/mol. The first kappa shape index (κ1) is 12.8. The van der Waals surface area contributed by atoms with Crippen LogP contribution in [0, 0.1) is 13.8 Å². The maximum Gasteiger partial charge on any atom is 0.248 e. The molecule has 0 bridgehead atoms. The Morgan fingerprint density at radius 3 is 2.77 bits per heavy atom. The molecule has 0 amide bonds. The van der Waals surface area contributed by atoms with Crippen LogP contribution >= 0.6 is 0 Å². The van der Waals surface area contributed by atoms with E-state index in [2.05, 4.69) is 15.0 Å². The van der Waals surface area contributed by atoms with Gasteiger partial charge in [-0.1, -0.05) is 6.07 Å². The third kappa shape index (κ3) is 1.98. The number of hydrogen-bond donors (Lipinski definition) is 1. The van der Waals surface area contributed by atoms with Crippen LogP contribution in [-0.4, -0.2) is 19.4 Å². The second-order valence-electron chi connectivity index (χ2n) is 5.45. The first-order valence-electron chi connectivity index (χ1n) is 7.06. The van der Waals surface area contributed by atoms with Crippen LogP contribution in [0.5, 0.6) is 0 Å². The van der Waals surface area contributed by atoms with Crippen molar-refractivity contribution in [1.82, 2.24) is 19.4 Å². The average molecular weight is 290 g/mol. The Kier molecular flexibility index (Phi) is 2.63. The first-order valence-corrected chi connectivity index (χ1v) is 7.06. The molecule has 0 saturated heterocycles. The molecule has 4 rings (SSSR count). The number of H-pyrrole nitrogens is 1. The summed E-state index contributed by atoms with van der Waals surface area (Å²) in [5, 5.41) is 0.985. The summed E-state index contributed by atoms with van der Waals surface area (Å²) in [6.45, 7) is 3.93. The van der Waals surface area contributed by atoms with E-state index in [0.29, 0.717) is 0 Å². The number of aryl methyl sites for hydroxylation is 2. The van der Waals surface area contributed by atoms with E-state index in [1.54, 1.807) is 0 Å². The summed E-state index contributed by atoms with van der Waals surface area (Å²) in [4.78, 5) is 23.3. The Hall–Kier alpha value is -2.95. The number of hydrogen-bond acceptors (Lipinski definition) is 3. The molecule has 5 nitrogen and oxygen atoms in total. The summed E-state index contributed by atoms with van der Waals surface area (Å²) >= 11 is 0. The summed E-state index contributed by atoms with van der Waals surface area (Å²) in [6.07, 6.45) is 3.97. The molecule has 108 valence electrons. The standard InChI is InChI=1S/C17H14N4O/c1-10-8-21-9-15(19-11(2)17(21)18-10)13-3-5-14-12(7-13)4-6-16(22)20-14/h3-9H,1-2H3,(H,20,22). The van der Waals surface area contributed by atoms with Gasteiger partial charge in [0.2, 0.25) is 5.56 Å². The van der Waals surface area contributed by atoms with Gasteiger partial charge in [0.1, 0.15) is 0 Å². The molecule has 1 N–H and O–H groups in total. The van der Waals surface area contributed by atoms with Crippen molar-refractivity contribution < 1.29 is 0 Å². The van der Waals surface area contributed by atoms with E-state index in [4.69, 9.17) is 0 Å². The van der Waals surface area contributed by atoms with Gasteiger partial charge in [-0.3, -0.25) is 4.79 Å². The van der Waals surface area contributed by atoms with E-state index < -0.39 is 0 Å². The van der Waals surface area contributed by atoms with Crippen molar-refractivity contribution in [2.24, 2.45) is 0 Å². The molecule has 3 heterocycles. The zero-order valence-corrected chi connectivity index (χ0v) is 12.3. The Morgan fingerprint density at radius 1 is 1.05 bits per heavy atom. The minimum Gasteiger partial charge on any atom is -0.322 e. The highest BCUT2D eigenvalue weighted by atomic mass is 16.1.